The summed E-state index contributed by atoms with van der Waals surface area (Å²) in [6.45, 7) is 0. The van der Waals surface area contributed by atoms with Crippen molar-refractivity contribution in [1.29, 1.82) is 0 Å². The summed E-state index contributed by atoms with van der Waals surface area (Å²) in [6.07, 6.45) is 1.63. The molecule has 0 amide bonds. The van der Waals surface area contributed by atoms with Gasteiger partial charge in [-0.1, -0.05) is 11.6 Å². The van der Waals surface area contributed by atoms with E-state index in [1.165, 1.54) is 11.3 Å². The summed E-state index contributed by atoms with van der Waals surface area (Å²) in [4.78, 5) is 5.05. The highest BCUT2D eigenvalue weighted by Crippen LogP contribution is 2.28. The third-order valence-electron chi connectivity index (χ3n) is 1.36. The maximum Gasteiger partial charge on any atom is 0.124 e. The van der Waals surface area contributed by atoms with Gasteiger partial charge in [0.05, 0.1) is 16.2 Å². The Morgan fingerprint density at radius 1 is 1.45 bits per heavy atom. The molecule has 0 spiro atoms. The highest BCUT2D eigenvalue weighted by Gasteiger charge is 1.99. The third kappa shape index (κ3) is 1.17. The minimum Gasteiger partial charge on any atom is -0.397 e. The van der Waals surface area contributed by atoms with Gasteiger partial charge in [0, 0.05) is 5.39 Å². The molecule has 0 aliphatic heterocycles. The summed E-state index contributed by atoms with van der Waals surface area (Å²) >= 11 is 7.23. The normalized spacial score (nSPS) is 10.6. The number of halogens is 1. The maximum absolute atomic E-state index is 5.77. The van der Waals surface area contributed by atoms with Crippen molar-refractivity contribution >= 4 is 38.8 Å². The largest absolute Gasteiger partial charge is 0.397 e. The smallest absolute Gasteiger partial charge is 0.124 e. The fraction of sp³-hybridized carbons (Fsp3) is 0. The molecule has 0 aliphatic carbocycles. The fourth-order valence-electron chi connectivity index (χ4n) is 0.919. The Morgan fingerprint density at radius 3 is 3.09 bits per heavy atom. The summed E-state index contributed by atoms with van der Waals surface area (Å²) in [5.41, 5.74) is 6.21. The number of hydrogen-bond acceptors (Lipinski definition) is 3. The Morgan fingerprint density at radius 2 is 2.27 bits per heavy atom. The van der Waals surface area contributed by atoms with E-state index < -0.39 is 0 Å². The van der Waals surface area contributed by atoms with Crippen molar-refractivity contribution in [3.05, 3.63) is 22.7 Å². The SMILES string of the molecule is Nc1cnc2sc(Cl)cc2c1. The minimum absolute atomic E-state index is 0.673. The summed E-state index contributed by atoms with van der Waals surface area (Å²) < 4.78 is 0.748. The van der Waals surface area contributed by atoms with E-state index in [0.29, 0.717) is 5.69 Å². The molecule has 0 atom stereocenters. The number of aromatic nitrogens is 1. The summed E-state index contributed by atoms with van der Waals surface area (Å²) in [5, 5.41) is 1.01. The number of thiophene rings is 1. The molecule has 2 heterocycles. The van der Waals surface area contributed by atoms with Crippen LogP contribution in [0.25, 0.3) is 10.2 Å². The zero-order valence-electron chi connectivity index (χ0n) is 5.54. The van der Waals surface area contributed by atoms with Crippen LogP contribution in [0, 0.1) is 0 Å². The number of pyridine rings is 1. The van der Waals surface area contributed by atoms with E-state index in [2.05, 4.69) is 4.98 Å². The molecule has 0 bridgehead atoms. The number of nitrogen functional groups attached to an aromatic ring is 1. The molecule has 0 saturated carbocycles. The van der Waals surface area contributed by atoms with Gasteiger partial charge in [-0.05, 0) is 12.1 Å². The first kappa shape index (κ1) is 6.88. The molecule has 56 valence electrons. The second-order valence-electron chi connectivity index (χ2n) is 2.21. The van der Waals surface area contributed by atoms with Gasteiger partial charge in [0.1, 0.15) is 4.83 Å². The summed E-state index contributed by atoms with van der Waals surface area (Å²) in [7, 11) is 0. The van der Waals surface area contributed by atoms with E-state index in [1.807, 2.05) is 12.1 Å². The molecule has 2 aromatic heterocycles. The van der Waals surface area contributed by atoms with Crippen molar-refractivity contribution in [2.24, 2.45) is 0 Å². The number of fused-ring (bicyclic) bond motifs is 1. The zero-order chi connectivity index (χ0) is 7.84. The van der Waals surface area contributed by atoms with Gasteiger partial charge >= 0.3 is 0 Å². The van der Waals surface area contributed by atoms with Crippen LogP contribution in [0.2, 0.25) is 4.34 Å². The number of nitrogens with zero attached hydrogens (tertiary/aromatic N) is 1. The first-order valence-corrected chi connectivity index (χ1v) is 4.26. The van der Waals surface area contributed by atoms with Gasteiger partial charge < -0.3 is 5.73 Å². The number of hydrogen-bond donors (Lipinski definition) is 1. The van der Waals surface area contributed by atoms with Crippen LogP contribution in [0.1, 0.15) is 0 Å². The van der Waals surface area contributed by atoms with Gasteiger partial charge in [0.15, 0.2) is 0 Å². The molecule has 0 aliphatic rings. The molecule has 11 heavy (non-hydrogen) atoms. The lowest BCUT2D eigenvalue weighted by Gasteiger charge is -1.89. The van der Waals surface area contributed by atoms with Crippen molar-refractivity contribution in [2.45, 2.75) is 0 Å². The van der Waals surface area contributed by atoms with Crippen LogP contribution < -0.4 is 5.73 Å². The molecule has 4 heteroatoms. The van der Waals surface area contributed by atoms with E-state index in [1.54, 1.807) is 6.20 Å². The number of rotatable bonds is 0. The van der Waals surface area contributed by atoms with Crippen LogP contribution in [-0.2, 0) is 0 Å². The van der Waals surface area contributed by atoms with Gasteiger partial charge in [-0.2, -0.15) is 0 Å². The standard InChI is InChI=1S/C7H5ClN2S/c8-6-2-4-1-5(9)3-10-7(4)11-6/h1-3H,9H2. The van der Waals surface area contributed by atoms with Gasteiger partial charge in [0.2, 0.25) is 0 Å². The van der Waals surface area contributed by atoms with Crippen LogP contribution in [0.15, 0.2) is 18.3 Å². The quantitative estimate of drug-likeness (QED) is 0.684. The second-order valence-corrected chi connectivity index (χ2v) is 3.88. The van der Waals surface area contributed by atoms with Gasteiger partial charge in [-0.15, -0.1) is 11.3 Å². The lowest BCUT2D eigenvalue weighted by atomic mass is 10.3. The number of nitrogens with two attached hydrogens (primary N) is 1. The van der Waals surface area contributed by atoms with E-state index in [4.69, 9.17) is 17.3 Å². The Bertz CT molecular complexity index is 396. The molecule has 0 fully saturated rings. The zero-order valence-corrected chi connectivity index (χ0v) is 7.12. The first-order valence-electron chi connectivity index (χ1n) is 3.06. The minimum atomic E-state index is 0.673. The maximum atomic E-state index is 5.77. The predicted octanol–water partition coefficient (Wildman–Crippen LogP) is 2.53. The third-order valence-corrected chi connectivity index (χ3v) is 2.55. The predicted molar refractivity (Wildman–Crippen MR) is 49.0 cm³/mol. The molecule has 0 saturated heterocycles. The van der Waals surface area contributed by atoms with Crippen molar-refractivity contribution in [3.63, 3.8) is 0 Å². The fourth-order valence-corrected chi connectivity index (χ4v) is 1.97. The summed E-state index contributed by atoms with van der Waals surface area (Å²) in [5.74, 6) is 0. The monoisotopic (exact) mass is 184 g/mol. The van der Waals surface area contributed by atoms with E-state index >= 15 is 0 Å². The van der Waals surface area contributed by atoms with Crippen LogP contribution in [-0.4, -0.2) is 4.98 Å². The van der Waals surface area contributed by atoms with Crippen molar-refractivity contribution in [1.82, 2.24) is 4.98 Å². The Hall–Kier alpha value is -0.800. The van der Waals surface area contributed by atoms with Crippen molar-refractivity contribution in [3.8, 4) is 0 Å². The highest BCUT2D eigenvalue weighted by molar-refractivity contribution is 7.22. The molecule has 0 radical (unpaired) electrons. The van der Waals surface area contributed by atoms with Crippen LogP contribution in [0.4, 0.5) is 5.69 Å². The molecule has 0 unspecified atom stereocenters. The molecular weight excluding hydrogens is 180 g/mol. The van der Waals surface area contributed by atoms with Gasteiger partial charge in [-0.3, -0.25) is 0 Å². The molecule has 0 aromatic carbocycles. The molecule has 2 aromatic rings. The van der Waals surface area contributed by atoms with Crippen molar-refractivity contribution < 1.29 is 0 Å². The Kier molecular flexibility index (Phi) is 1.47. The second kappa shape index (κ2) is 2.36. The first-order chi connectivity index (χ1) is 5.25. The molecule has 2 nitrogen and oxygen atoms in total. The van der Waals surface area contributed by atoms with Crippen LogP contribution in [0.3, 0.4) is 0 Å². The average molecular weight is 185 g/mol. The lowest BCUT2D eigenvalue weighted by molar-refractivity contribution is 1.45. The van der Waals surface area contributed by atoms with Gasteiger partial charge in [-0.25, -0.2) is 4.98 Å². The Balaban J connectivity index is 2.82. The molecule has 2 N–H and O–H groups in total. The molecular formula is C7H5ClN2S. The van der Waals surface area contributed by atoms with Gasteiger partial charge in [0.25, 0.3) is 0 Å². The highest BCUT2D eigenvalue weighted by atomic mass is 35.5. The summed E-state index contributed by atoms with van der Waals surface area (Å²) in [6, 6.07) is 3.73. The van der Waals surface area contributed by atoms with E-state index in [0.717, 1.165) is 14.6 Å². The lowest BCUT2D eigenvalue weighted by Crippen LogP contribution is -1.83. The van der Waals surface area contributed by atoms with E-state index in [-0.39, 0.29) is 0 Å². The Labute approximate surface area is 72.6 Å². The van der Waals surface area contributed by atoms with E-state index in [9.17, 15) is 0 Å². The van der Waals surface area contributed by atoms with Crippen molar-refractivity contribution in [2.75, 3.05) is 5.73 Å². The number of anilines is 1. The molecule has 2 rings (SSSR count). The van der Waals surface area contributed by atoms with Crippen LogP contribution in [0.5, 0.6) is 0 Å². The topological polar surface area (TPSA) is 38.9 Å². The van der Waals surface area contributed by atoms with Crippen LogP contribution >= 0.6 is 22.9 Å². The average Bonchev–Trinajstić information content (AvgIpc) is 2.27.